The molecular weight excluding hydrogens is 727 g/mol. The molecule has 0 N–H and O–H groups in total. The molecule has 4 aromatic carbocycles. The third kappa shape index (κ3) is 6.53. The molecule has 0 atom stereocenters. The van der Waals surface area contributed by atoms with Gasteiger partial charge in [-0.25, -0.2) is 0 Å². The molecular formula is C47H48Cl2Zr. The van der Waals surface area contributed by atoms with Gasteiger partial charge in [0, 0.05) is 0 Å². The molecule has 3 heteroatoms. The fourth-order valence-electron chi connectivity index (χ4n) is 8.89. The predicted molar refractivity (Wildman–Crippen MR) is 203 cm³/mol. The van der Waals surface area contributed by atoms with Crippen LogP contribution in [0, 0.1) is 0 Å². The number of hydrogen-bond donors (Lipinski definition) is 0. The van der Waals surface area contributed by atoms with Gasteiger partial charge in [-0.15, -0.1) is 0 Å². The van der Waals surface area contributed by atoms with E-state index in [4.69, 9.17) is 0 Å². The summed E-state index contributed by atoms with van der Waals surface area (Å²) in [6, 6.07) is 33.3. The molecule has 0 heterocycles. The fourth-order valence-corrected chi connectivity index (χ4v) is 18.1. The van der Waals surface area contributed by atoms with Gasteiger partial charge < -0.3 is 24.8 Å². The van der Waals surface area contributed by atoms with Crippen molar-refractivity contribution in [3.05, 3.63) is 163 Å². The summed E-state index contributed by atoms with van der Waals surface area (Å²) in [7, 11) is 0. The molecule has 50 heavy (non-hydrogen) atoms. The maximum Gasteiger partial charge on any atom is -1.00 e. The van der Waals surface area contributed by atoms with Crippen LogP contribution in [0.15, 0.2) is 119 Å². The van der Waals surface area contributed by atoms with Gasteiger partial charge in [0.25, 0.3) is 0 Å². The van der Waals surface area contributed by atoms with Gasteiger partial charge >= 0.3 is 298 Å². The van der Waals surface area contributed by atoms with Crippen molar-refractivity contribution >= 4 is 14.4 Å². The number of fused-ring (bicyclic) bond motifs is 5. The quantitative estimate of drug-likeness (QED) is 0.224. The van der Waals surface area contributed by atoms with Crippen molar-refractivity contribution in [2.24, 2.45) is 0 Å². The molecule has 0 bridgehead atoms. The molecule has 0 radical (unpaired) electrons. The maximum atomic E-state index is 2.71. The van der Waals surface area contributed by atoms with E-state index in [2.05, 4.69) is 157 Å². The first kappa shape index (κ1) is 36.9. The minimum absolute atomic E-state index is 0. The van der Waals surface area contributed by atoms with E-state index in [1.807, 2.05) is 3.21 Å². The van der Waals surface area contributed by atoms with Gasteiger partial charge in [0.2, 0.25) is 0 Å². The van der Waals surface area contributed by atoms with E-state index >= 15 is 0 Å². The summed E-state index contributed by atoms with van der Waals surface area (Å²) in [6.07, 6.45) is 17.7. The first-order valence-electron chi connectivity index (χ1n) is 18.0. The van der Waals surface area contributed by atoms with Gasteiger partial charge in [-0.05, 0) is 0 Å². The molecule has 4 aromatic rings. The summed E-state index contributed by atoms with van der Waals surface area (Å²) in [6.45, 7) is 14.5. The Morgan fingerprint density at radius 3 is 1.52 bits per heavy atom. The van der Waals surface area contributed by atoms with Crippen LogP contribution in [0.3, 0.4) is 0 Å². The zero-order chi connectivity index (χ0) is 33.2. The van der Waals surface area contributed by atoms with Crippen molar-refractivity contribution in [2.45, 2.75) is 88.1 Å². The molecule has 0 aromatic heterocycles. The van der Waals surface area contributed by atoms with E-state index in [0.29, 0.717) is 3.63 Å². The monoisotopic (exact) mass is 772 g/mol. The summed E-state index contributed by atoms with van der Waals surface area (Å²) in [5, 5.41) is 0. The molecule has 0 amide bonds. The molecule has 8 rings (SSSR count). The molecule has 0 saturated heterocycles. The topological polar surface area (TPSA) is 0 Å². The van der Waals surface area contributed by atoms with Crippen molar-refractivity contribution < 1.29 is 46.1 Å². The number of hydrogen-bond acceptors (Lipinski definition) is 0. The van der Waals surface area contributed by atoms with E-state index in [1.54, 1.807) is 25.5 Å². The van der Waals surface area contributed by atoms with E-state index in [9.17, 15) is 0 Å². The molecule has 0 saturated carbocycles. The molecule has 254 valence electrons. The fraction of sp³-hybridized carbons (Fsp3) is 0.298. The van der Waals surface area contributed by atoms with Crippen molar-refractivity contribution in [2.75, 3.05) is 0 Å². The van der Waals surface area contributed by atoms with Crippen LogP contribution in [0.4, 0.5) is 0 Å². The molecule has 0 fully saturated rings. The Morgan fingerprint density at radius 2 is 1.10 bits per heavy atom. The van der Waals surface area contributed by atoms with Gasteiger partial charge in [-0.3, -0.25) is 0 Å². The van der Waals surface area contributed by atoms with Crippen LogP contribution in [0.25, 0.3) is 22.3 Å². The normalized spacial score (nSPS) is 17.3. The summed E-state index contributed by atoms with van der Waals surface area (Å²) < 4.78 is 4.03. The average Bonchev–Trinajstić information content (AvgIpc) is 3.72. The minimum atomic E-state index is -2.64. The van der Waals surface area contributed by atoms with Crippen LogP contribution in [0.2, 0.25) is 0 Å². The van der Waals surface area contributed by atoms with Crippen molar-refractivity contribution in [3.8, 4) is 11.1 Å². The molecule has 4 aliphatic carbocycles. The Kier molecular flexibility index (Phi) is 10.6. The molecule has 0 spiro atoms. The molecule has 4 aliphatic rings. The van der Waals surface area contributed by atoms with Crippen LogP contribution >= 0.6 is 0 Å². The van der Waals surface area contributed by atoms with Crippen molar-refractivity contribution in [1.82, 2.24) is 0 Å². The second kappa shape index (κ2) is 14.3. The third-order valence-corrected chi connectivity index (χ3v) is 20.0. The Balaban J connectivity index is 0.00000216. The van der Waals surface area contributed by atoms with E-state index in [-0.39, 0.29) is 35.6 Å². The van der Waals surface area contributed by atoms with Crippen molar-refractivity contribution in [3.63, 3.8) is 0 Å². The Morgan fingerprint density at radius 1 is 0.640 bits per heavy atom. The Labute approximate surface area is 320 Å². The van der Waals surface area contributed by atoms with Gasteiger partial charge in [-0.2, -0.15) is 0 Å². The average molecular weight is 775 g/mol. The van der Waals surface area contributed by atoms with Gasteiger partial charge in [0.05, 0.1) is 0 Å². The number of benzene rings is 4. The van der Waals surface area contributed by atoms with E-state index in [1.165, 1.54) is 44.5 Å². The van der Waals surface area contributed by atoms with Crippen LogP contribution in [-0.4, -0.2) is 3.21 Å². The zero-order valence-corrected chi connectivity index (χ0v) is 34.3. The van der Waals surface area contributed by atoms with E-state index < -0.39 is 21.3 Å². The Bertz CT molecular complexity index is 1970. The summed E-state index contributed by atoms with van der Waals surface area (Å²) in [4.78, 5) is 0. The Hall–Kier alpha value is -2.83. The van der Waals surface area contributed by atoms with Crippen LogP contribution in [0.1, 0.15) is 109 Å². The first-order chi connectivity index (χ1) is 23.1. The van der Waals surface area contributed by atoms with E-state index in [0.717, 1.165) is 32.1 Å². The maximum absolute atomic E-state index is 2.71. The smallest absolute Gasteiger partial charge is 1.00 e. The largest absolute Gasteiger partial charge is 1.00 e. The summed E-state index contributed by atoms with van der Waals surface area (Å²) >= 11 is -2.64. The number of rotatable bonds is 6. The summed E-state index contributed by atoms with van der Waals surface area (Å²) in [5.41, 5.74) is 18.3. The van der Waals surface area contributed by atoms with Crippen LogP contribution < -0.4 is 24.8 Å². The third-order valence-electron chi connectivity index (χ3n) is 11.7. The SMILES string of the molecule is CC1=CCC(C)(C)c2cc3c(cc21)-c1cc2c(cc1[CH]3[Zr+2]([C]1=CC=CC1)=[C](Cc1ccccc1)Cc1ccccc1)C(C)(C)CC=C2C.[Cl-].[Cl-]. The minimum Gasteiger partial charge on any atom is -1.00 e. The van der Waals surface area contributed by atoms with Crippen LogP contribution in [-0.2, 0) is 44.9 Å². The second-order valence-electron chi connectivity index (χ2n) is 16.0. The molecule has 0 unspecified atom stereocenters. The standard InChI is InChI=1S/C27H29.C15H14.C5H5.2ClH.Zr/c1-16-7-9-26(3,4)24-12-18-11-19-13-25-21(17(2)8-10-27(25,5)6)15-23(19)22(18)14-20(16)24;1-3-8-14(9-4-1)12-7-13-15-10-5-2-6-11-15;1-2-4-5-3-1;;;/h7-8,11-15H,9-10H2,1-6H3;1-6,8-11H,12-13H2;1-3H,4H2;2*1H;/q;;;;;+2/p-2. The molecule has 0 aliphatic heterocycles. The predicted octanol–water partition coefficient (Wildman–Crippen LogP) is 6.05. The molecule has 0 nitrogen and oxygen atoms in total. The number of halogens is 2. The van der Waals surface area contributed by atoms with Gasteiger partial charge in [0.1, 0.15) is 0 Å². The van der Waals surface area contributed by atoms with Crippen LogP contribution in [0.5, 0.6) is 0 Å². The number of allylic oxidation sites excluding steroid dienone is 8. The zero-order valence-electron chi connectivity index (χ0n) is 30.3. The van der Waals surface area contributed by atoms with Crippen molar-refractivity contribution in [1.29, 1.82) is 0 Å². The first-order valence-corrected chi connectivity index (χ1v) is 21.9. The summed E-state index contributed by atoms with van der Waals surface area (Å²) in [5.74, 6) is 0. The second-order valence-corrected chi connectivity index (χ2v) is 22.8. The van der Waals surface area contributed by atoms with Gasteiger partial charge in [0.15, 0.2) is 0 Å². The van der Waals surface area contributed by atoms with Gasteiger partial charge in [-0.1, -0.05) is 0 Å².